The van der Waals surface area contributed by atoms with Crippen LogP contribution in [0.15, 0.2) is 45.5 Å². The fraction of sp³-hybridized carbons (Fsp3) is 0.294. The first kappa shape index (κ1) is 17.3. The molecule has 6 heteroatoms. The van der Waals surface area contributed by atoms with Crippen LogP contribution in [-0.2, 0) is 16.0 Å². The molecule has 5 nitrogen and oxygen atoms in total. The van der Waals surface area contributed by atoms with Crippen molar-refractivity contribution in [1.82, 2.24) is 5.32 Å². The average Bonchev–Trinajstić information content (AvgIpc) is 2.99. The van der Waals surface area contributed by atoms with Crippen molar-refractivity contribution in [3.63, 3.8) is 0 Å². The normalized spacial score (nSPS) is 11.8. The number of esters is 1. The molecule has 122 valence electrons. The van der Waals surface area contributed by atoms with E-state index in [0.29, 0.717) is 4.67 Å². The minimum Gasteiger partial charge on any atom is -0.450 e. The van der Waals surface area contributed by atoms with Crippen molar-refractivity contribution in [3.05, 3.63) is 58.0 Å². The maximum atomic E-state index is 11.9. The van der Waals surface area contributed by atoms with Gasteiger partial charge in [0, 0.05) is 0 Å². The number of carbonyl (C=O) groups is 2. The van der Waals surface area contributed by atoms with Gasteiger partial charge in [-0.3, -0.25) is 4.79 Å². The van der Waals surface area contributed by atoms with Crippen LogP contribution in [0.3, 0.4) is 0 Å². The van der Waals surface area contributed by atoms with Gasteiger partial charge in [-0.2, -0.15) is 0 Å². The molecule has 2 rings (SSSR count). The summed E-state index contributed by atoms with van der Waals surface area (Å²) in [6.45, 7) is 3.62. The third-order valence-corrected chi connectivity index (χ3v) is 3.80. The Labute approximate surface area is 143 Å². The Hall–Kier alpha value is -2.08. The van der Waals surface area contributed by atoms with Crippen molar-refractivity contribution in [2.75, 3.05) is 6.61 Å². The molecule has 1 heterocycles. The Balaban J connectivity index is 1.82. The number of hydrogen-bond donors (Lipinski definition) is 1. The Morgan fingerprint density at radius 3 is 2.48 bits per heavy atom. The Kier molecular flexibility index (Phi) is 5.98. The highest BCUT2D eigenvalue weighted by Gasteiger charge is 2.15. The number of ether oxygens (including phenoxy) is 1. The van der Waals surface area contributed by atoms with Crippen LogP contribution in [0.2, 0.25) is 0 Å². The molecule has 0 saturated carbocycles. The molecule has 0 spiro atoms. The summed E-state index contributed by atoms with van der Waals surface area (Å²) in [5, 5.41) is 2.79. The van der Waals surface area contributed by atoms with Gasteiger partial charge in [0.25, 0.3) is 5.91 Å². The number of benzene rings is 1. The third kappa shape index (κ3) is 4.96. The van der Waals surface area contributed by atoms with E-state index < -0.39 is 5.97 Å². The highest BCUT2D eigenvalue weighted by Crippen LogP contribution is 2.15. The molecule has 0 saturated heterocycles. The predicted molar refractivity (Wildman–Crippen MR) is 89.1 cm³/mol. The number of carbonyl (C=O) groups excluding carboxylic acids is 2. The van der Waals surface area contributed by atoms with Gasteiger partial charge in [-0.05, 0) is 52.5 Å². The van der Waals surface area contributed by atoms with Crippen molar-refractivity contribution in [3.8, 4) is 0 Å². The topological polar surface area (TPSA) is 68.5 Å². The van der Waals surface area contributed by atoms with Crippen LogP contribution >= 0.6 is 15.9 Å². The zero-order valence-corrected chi connectivity index (χ0v) is 14.6. The Bertz CT molecular complexity index is 678. The molecule has 0 fully saturated rings. The number of nitrogens with one attached hydrogen (secondary N) is 1. The molecule has 1 amide bonds. The van der Waals surface area contributed by atoms with Crippen LogP contribution in [0.5, 0.6) is 0 Å². The molecule has 0 aliphatic carbocycles. The van der Waals surface area contributed by atoms with E-state index in [9.17, 15) is 9.59 Å². The lowest BCUT2D eigenvalue weighted by atomic mass is 10.1. The molecule has 1 atom stereocenters. The second-order valence-electron chi connectivity index (χ2n) is 5.06. The van der Waals surface area contributed by atoms with Gasteiger partial charge in [-0.15, -0.1) is 0 Å². The number of aryl methyl sites for hydroxylation is 1. The number of hydrogen-bond acceptors (Lipinski definition) is 4. The smallest absolute Gasteiger partial charge is 0.374 e. The maximum Gasteiger partial charge on any atom is 0.374 e. The van der Waals surface area contributed by atoms with Crippen molar-refractivity contribution < 1.29 is 18.7 Å². The largest absolute Gasteiger partial charge is 0.450 e. The molecule has 0 aliphatic rings. The lowest BCUT2D eigenvalue weighted by Crippen LogP contribution is -2.31. The number of halogens is 1. The molecule has 0 bridgehead atoms. The second kappa shape index (κ2) is 7.97. The van der Waals surface area contributed by atoms with Crippen molar-refractivity contribution in [2.24, 2.45) is 0 Å². The van der Waals surface area contributed by atoms with Crippen LogP contribution in [0.25, 0.3) is 0 Å². The van der Waals surface area contributed by atoms with Crippen LogP contribution in [0.4, 0.5) is 0 Å². The van der Waals surface area contributed by atoms with Gasteiger partial charge in [0.1, 0.15) is 0 Å². The highest BCUT2D eigenvalue weighted by atomic mass is 79.9. The summed E-state index contributed by atoms with van der Waals surface area (Å²) >= 11 is 3.10. The van der Waals surface area contributed by atoms with E-state index in [1.165, 1.54) is 11.6 Å². The van der Waals surface area contributed by atoms with Gasteiger partial charge in [-0.25, -0.2) is 4.79 Å². The zero-order valence-electron chi connectivity index (χ0n) is 13.0. The summed E-state index contributed by atoms with van der Waals surface area (Å²) in [5.41, 5.74) is 2.24. The quantitative estimate of drug-likeness (QED) is 0.777. The van der Waals surface area contributed by atoms with E-state index in [2.05, 4.69) is 28.2 Å². The summed E-state index contributed by atoms with van der Waals surface area (Å²) in [5.74, 6) is -0.991. The predicted octanol–water partition coefficient (Wildman–Crippen LogP) is 3.64. The minimum atomic E-state index is -0.675. The summed E-state index contributed by atoms with van der Waals surface area (Å²) < 4.78 is 10.4. The molecule has 23 heavy (non-hydrogen) atoms. The van der Waals surface area contributed by atoms with Crippen molar-refractivity contribution in [2.45, 2.75) is 26.3 Å². The number of amides is 1. The lowest BCUT2D eigenvalue weighted by molar-refractivity contribution is -0.124. The Morgan fingerprint density at radius 1 is 1.22 bits per heavy atom. The Morgan fingerprint density at radius 2 is 1.91 bits per heavy atom. The first-order valence-electron chi connectivity index (χ1n) is 7.30. The average molecular weight is 380 g/mol. The monoisotopic (exact) mass is 379 g/mol. The molecule has 0 radical (unpaired) electrons. The van der Waals surface area contributed by atoms with E-state index in [1.54, 1.807) is 6.07 Å². The van der Waals surface area contributed by atoms with Gasteiger partial charge in [0.15, 0.2) is 11.3 Å². The zero-order chi connectivity index (χ0) is 16.8. The van der Waals surface area contributed by atoms with Gasteiger partial charge in [0.05, 0.1) is 6.04 Å². The van der Waals surface area contributed by atoms with E-state index in [4.69, 9.17) is 9.15 Å². The van der Waals surface area contributed by atoms with Crippen LogP contribution in [0.1, 0.15) is 41.6 Å². The van der Waals surface area contributed by atoms with Crippen molar-refractivity contribution in [1.29, 1.82) is 0 Å². The molecule has 2 aromatic rings. The fourth-order valence-corrected chi connectivity index (χ4v) is 2.34. The maximum absolute atomic E-state index is 11.9. The van der Waals surface area contributed by atoms with E-state index >= 15 is 0 Å². The highest BCUT2D eigenvalue weighted by molar-refractivity contribution is 9.10. The standard InChI is InChI=1S/C17H18BrNO4/c1-3-12-4-6-13(7-5-12)11(2)19-16(20)10-22-17(21)14-8-9-15(18)23-14/h4-9,11H,3,10H2,1-2H3,(H,19,20)/t11-/m1/s1. The van der Waals surface area contributed by atoms with E-state index in [0.717, 1.165) is 12.0 Å². The first-order valence-corrected chi connectivity index (χ1v) is 8.09. The lowest BCUT2D eigenvalue weighted by Gasteiger charge is -2.14. The molecular weight excluding hydrogens is 362 g/mol. The molecule has 0 aliphatic heterocycles. The summed E-state index contributed by atoms with van der Waals surface area (Å²) in [6, 6.07) is 10.9. The molecule has 1 N–H and O–H groups in total. The molecule has 0 unspecified atom stereocenters. The van der Waals surface area contributed by atoms with E-state index in [-0.39, 0.29) is 24.3 Å². The molecule has 1 aromatic carbocycles. The second-order valence-corrected chi connectivity index (χ2v) is 5.85. The first-order chi connectivity index (χ1) is 11.0. The molecular formula is C17H18BrNO4. The SMILES string of the molecule is CCc1ccc([C@@H](C)NC(=O)COC(=O)c2ccc(Br)o2)cc1. The van der Waals surface area contributed by atoms with Gasteiger partial charge in [0.2, 0.25) is 5.76 Å². The van der Waals surface area contributed by atoms with Crippen molar-refractivity contribution >= 4 is 27.8 Å². The summed E-state index contributed by atoms with van der Waals surface area (Å²) in [4.78, 5) is 23.5. The van der Waals surface area contributed by atoms with Crippen LogP contribution in [0, 0.1) is 0 Å². The van der Waals surface area contributed by atoms with Gasteiger partial charge < -0.3 is 14.5 Å². The molecule has 1 aromatic heterocycles. The summed E-state index contributed by atoms with van der Waals surface area (Å²) in [6.07, 6.45) is 0.972. The van der Waals surface area contributed by atoms with Crippen LogP contribution < -0.4 is 5.32 Å². The van der Waals surface area contributed by atoms with Gasteiger partial charge in [-0.1, -0.05) is 31.2 Å². The van der Waals surface area contributed by atoms with Crippen LogP contribution in [-0.4, -0.2) is 18.5 Å². The third-order valence-electron chi connectivity index (χ3n) is 3.37. The van der Waals surface area contributed by atoms with E-state index in [1.807, 2.05) is 31.2 Å². The van der Waals surface area contributed by atoms with Gasteiger partial charge >= 0.3 is 5.97 Å². The minimum absolute atomic E-state index is 0.0490. The number of furan rings is 1. The fourth-order valence-electron chi connectivity index (χ4n) is 2.03. The number of rotatable bonds is 6. The summed E-state index contributed by atoms with van der Waals surface area (Å²) in [7, 11) is 0.